The van der Waals surface area contributed by atoms with Gasteiger partial charge in [0.05, 0.1) is 12.4 Å². The largest absolute Gasteiger partial charge is 0.382 e. The molecule has 0 aliphatic heterocycles. The maximum absolute atomic E-state index is 12.5. The van der Waals surface area contributed by atoms with Crippen molar-refractivity contribution < 1.29 is 4.39 Å². The van der Waals surface area contributed by atoms with Crippen LogP contribution < -0.4 is 5.73 Å². The molecule has 0 aliphatic rings. The summed E-state index contributed by atoms with van der Waals surface area (Å²) >= 11 is 0. The van der Waals surface area contributed by atoms with Gasteiger partial charge in [-0.2, -0.15) is 0 Å². The van der Waals surface area contributed by atoms with Crippen LogP contribution in [0.1, 0.15) is 17.7 Å². The Labute approximate surface area is 123 Å². The molecule has 0 bridgehead atoms. The number of fused-ring (bicyclic) bond motifs is 1. The third-order valence-electron chi connectivity index (χ3n) is 3.80. The molecule has 2 aromatic heterocycles. The number of imidazole rings is 1. The average Bonchev–Trinajstić information content (AvgIpc) is 2.80. The first-order valence-corrected chi connectivity index (χ1v) is 7.09. The molecule has 0 radical (unpaired) electrons. The zero-order chi connectivity index (χ0) is 14.8. The highest BCUT2D eigenvalue weighted by Gasteiger charge is 2.09. The summed E-state index contributed by atoms with van der Waals surface area (Å²) < 4.78 is 14.4. The monoisotopic (exact) mass is 283 g/mol. The lowest BCUT2D eigenvalue weighted by molar-refractivity contribution is 0.473. The number of anilines is 1. The predicted molar refractivity (Wildman–Crippen MR) is 84.1 cm³/mol. The SMILES string of the molecule is Cc1c(N)nc2ccc(-c3ccccc3CCCF)cn12. The Morgan fingerprint density at radius 2 is 2.00 bits per heavy atom. The number of nitrogens with zero attached hydrogens (tertiary/aromatic N) is 2. The standard InChI is InChI=1S/C17H18FN3/c1-12-17(19)20-16-9-8-14(11-21(12)16)15-7-3-2-5-13(15)6-4-10-18/h2-3,5,7-9,11H,4,6,10,19H2,1H3. The molecular formula is C17H18FN3. The van der Waals surface area contributed by atoms with Crippen LogP contribution in [0.5, 0.6) is 0 Å². The number of nitrogens with two attached hydrogens (primary N) is 1. The number of hydrogen-bond donors (Lipinski definition) is 1. The number of benzene rings is 1. The topological polar surface area (TPSA) is 43.3 Å². The summed E-state index contributed by atoms with van der Waals surface area (Å²) in [6.45, 7) is 1.67. The van der Waals surface area contributed by atoms with Gasteiger partial charge < -0.3 is 10.1 Å². The Balaban J connectivity index is 2.10. The van der Waals surface area contributed by atoms with Crippen LogP contribution in [0.15, 0.2) is 42.6 Å². The zero-order valence-electron chi connectivity index (χ0n) is 12.0. The summed E-state index contributed by atoms with van der Waals surface area (Å²) in [6, 6.07) is 12.1. The van der Waals surface area contributed by atoms with E-state index in [-0.39, 0.29) is 6.67 Å². The maximum Gasteiger partial charge on any atom is 0.145 e. The van der Waals surface area contributed by atoms with Gasteiger partial charge in [0.1, 0.15) is 11.5 Å². The van der Waals surface area contributed by atoms with E-state index in [4.69, 9.17) is 5.73 Å². The van der Waals surface area contributed by atoms with Gasteiger partial charge in [0, 0.05) is 6.20 Å². The fourth-order valence-electron chi connectivity index (χ4n) is 2.62. The van der Waals surface area contributed by atoms with Crippen molar-refractivity contribution in [1.82, 2.24) is 9.38 Å². The van der Waals surface area contributed by atoms with Crippen molar-refractivity contribution >= 4 is 11.5 Å². The molecule has 0 atom stereocenters. The second-order valence-corrected chi connectivity index (χ2v) is 5.18. The fourth-order valence-corrected chi connectivity index (χ4v) is 2.62. The molecule has 0 unspecified atom stereocenters. The fraction of sp³-hybridized carbons (Fsp3) is 0.235. The Kier molecular flexibility index (Phi) is 3.60. The summed E-state index contributed by atoms with van der Waals surface area (Å²) in [5.74, 6) is 0.554. The molecule has 0 saturated heterocycles. The second kappa shape index (κ2) is 5.56. The lowest BCUT2D eigenvalue weighted by Crippen LogP contribution is -1.94. The molecule has 3 aromatic rings. The van der Waals surface area contributed by atoms with Crippen LogP contribution in [0.2, 0.25) is 0 Å². The van der Waals surface area contributed by atoms with E-state index in [0.29, 0.717) is 12.2 Å². The molecular weight excluding hydrogens is 265 g/mol. The molecule has 0 fully saturated rings. The van der Waals surface area contributed by atoms with Gasteiger partial charge in [0.25, 0.3) is 0 Å². The summed E-state index contributed by atoms with van der Waals surface area (Å²) in [5, 5.41) is 0. The molecule has 108 valence electrons. The average molecular weight is 283 g/mol. The number of hydrogen-bond acceptors (Lipinski definition) is 2. The van der Waals surface area contributed by atoms with Crippen molar-refractivity contribution in [2.75, 3.05) is 12.4 Å². The van der Waals surface area contributed by atoms with Gasteiger partial charge in [0.15, 0.2) is 0 Å². The quantitative estimate of drug-likeness (QED) is 0.791. The first kappa shape index (κ1) is 13.6. The number of aromatic nitrogens is 2. The van der Waals surface area contributed by atoms with E-state index in [1.165, 1.54) is 5.56 Å². The predicted octanol–water partition coefficient (Wildman–Crippen LogP) is 3.79. The molecule has 3 rings (SSSR count). The van der Waals surface area contributed by atoms with Crippen molar-refractivity contribution in [3.8, 4) is 11.1 Å². The van der Waals surface area contributed by atoms with Crippen molar-refractivity contribution in [2.24, 2.45) is 0 Å². The number of pyridine rings is 1. The highest BCUT2D eigenvalue weighted by atomic mass is 19.1. The molecule has 2 heterocycles. The van der Waals surface area contributed by atoms with Crippen LogP contribution >= 0.6 is 0 Å². The summed E-state index contributed by atoms with van der Waals surface area (Å²) in [7, 11) is 0. The van der Waals surface area contributed by atoms with E-state index in [2.05, 4.69) is 17.1 Å². The Hall–Kier alpha value is -2.36. The van der Waals surface area contributed by atoms with Gasteiger partial charge in [-0.25, -0.2) is 4.98 Å². The molecule has 0 aliphatic carbocycles. The van der Waals surface area contributed by atoms with Gasteiger partial charge in [-0.3, -0.25) is 4.39 Å². The first-order valence-electron chi connectivity index (χ1n) is 7.09. The van der Waals surface area contributed by atoms with E-state index in [0.717, 1.165) is 28.9 Å². The normalized spacial score (nSPS) is 11.1. The number of alkyl halides is 1. The number of nitrogen functional groups attached to an aromatic ring is 1. The number of halogens is 1. The second-order valence-electron chi connectivity index (χ2n) is 5.18. The Morgan fingerprint density at radius 3 is 2.81 bits per heavy atom. The van der Waals surface area contributed by atoms with Gasteiger partial charge in [-0.15, -0.1) is 0 Å². The molecule has 3 nitrogen and oxygen atoms in total. The Morgan fingerprint density at radius 1 is 1.19 bits per heavy atom. The minimum atomic E-state index is -0.287. The highest BCUT2D eigenvalue weighted by Crippen LogP contribution is 2.26. The minimum absolute atomic E-state index is 0.287. The van der Waals surface area contributed by atoms with Gasteiger partial charge in [0.2, 0.25) is 0 Å². The van der Waals surface area contributed by atoms with E-state index < -0.39 is 0 Å². The summed E-state index contributed by atoms with van der Waals surface area (Å²) in [5.41, 5.74) is 11.0. The van der Waals surface area contributed by atoms with Crippen LogP contribution in [-0.2, 0) is 6.42 Å². The smallest absolute Gasteiger partial charge is 0.145 e. The molecule has 2 N–H and O–H groups in total. The third kappa shape index (κ3) is 2.49. The van der Waals surface area contributed by atoms with E-state index in [9.17, 15) is 4.39 Å². The van der Waals surface area contributed by atoms with Crippen molar-refractivity contribution in [2.45, 2.75) is 19.8 Å². The molecule has 0 amide bonds. The van der Waals surface area contributed by atoms with Crippen LogP contribution in [0.3, 0.4) is 0 Å². The van der Waals surface area contributed by atoms with Crippen LogP contribution in [0.25, 0.3) is 16.8 Å². The first-order chi connectivity index (χ1) is 10.2. The molecule has 0 spiro atoms. The third-order valence-corrected chi connectivity index (χ3v) is 3.80. The van der Waals surface area contributed by atoms with Crippen LogP contribution in [-0.4, -0.2) is 16.1 Å². The Bertz CT molecular complexity index is 777. The van der Waals surface area contributed by atoms with Gasteiger partial charge in [-0.1, -0.05) is 24.3 Å². The molecule has 4 heteroatoms. The van der Waals surface area contributed by atoms with Crippen LogP contribution in [0.4, 0.5) is 10.2 Å². The van der Waals surface area contributed by atoms with Crippen molar-refractivity contribution in [3.63, 3.8) is 0 Å². The maximum atomic E-state index is 12.5. The molecule has 1 aromatic carbocycles. The number of rotatable bonds is 4. The van der Waals surface area contributed by atoms with Crippen molar-refractivity contribution in [1.29, 1.82) is 0 Å². The lowest BCUT2D eigenvalue weighted by atomic mass is 9.98. The van der Waals surface area contributed by atoms with Crippen LogP contribution in [0, 0.1) is 6.92 Å². The zero-order valence-corrected chi connectivity index (χ0v) is 12.0. The van der Waals surface area contributed by atoms with E-state index >= 15 is 0 Å². The summed E-state index contributed by atoms with van der Waals surface area (Å²) in [6.07, 6.45) is 3.34. The van der Waals surface area contributed by atoms with Crippen molar-refractivity contribution in [3.05, 3.63) is 53.9 Å². The van der Waals surface area contributed by atoms with E-state index in [1.54, 1.807) is 0 Å². The van der Waals surface area contributed by atoms with Gasteiger partial charge >= 0.3 is 0 Å². The summed E-state index contributed by atoms with van der Waals surface area (Å²) in [4.78, 5) is 4.31. The lowest BCUT2D eigenvalue weighted by Gasteiger charge is -2.10. The molecule has 21 heavy (non-hydrogen) atoms. The highest BCUT2D eigenvalue weighted by molar-refractivity contribution is 5.69. The molecule has 0 saturated carbocycles. The van der Waals surface area contributed by atoms with E-state index in [1.807, 2.05) is 41.8 Å². The minimum Gasteiger partial charge on any atom is -0.382 e. The van der Waals surface area contributed by atoms with Gasteiger partial charge in [-0.05, 0) is 48.6 Å². The number of aryl methyl sites for hydroxylation is 2.